The smallest absolute Gasteiger partial charge is 0.339 e. The van der Waals surface area contributed by atoms with Crippen molar-refractivity contribution in [2.45, 2.75) is 45.6 Å². The number of anilines is 1. The Kier molecular flexibility index (Phi) is 5.17. The number of fused-ring (bicyclic) bond motifs is 1. The quantitative estimate of drug-likeness (QED) is 0.843. The monoisotopic (exact) mass is 292 g/mol. The van der Waals surface area contributed by atoms with Gasteiger partial charge in [0.05, 0.1) is 12.6 Å². The summed E-state index contributed by atoms with van der Waals surface area (Å²) in [5.41, 5.74) is 2.38. The van der Waals surface area contributed by atoms with Crippen molar-refractivity contribution in [2.75, 3.05) is 19.0 Å². The zero-order chi connectivity index (χ0) is 15.4. The van der Waals surface area contributed by atoms with Crippen LogP contribution in [0.3, 0.4) is 0 Å². The molecule has 0 radical (unpaired) electrons. The third-order valence-electron chi connectivity index (χ3n) is 4.00. The summed E-state index contributed by atoms with van der Waals surface area (Å²) in [4.78, 5) is 16.1. The van der Waals surface area contributed by atoms with Gasteiger partial charge in [-0.1, -0.05) is 13.8 Å². The number of pyridine rings is 1. The molecule has 2 rings (SSSR count). The van der Waals surface area contributed by atoms with E-state index in [4.69, 9.17) is 4.74 Å². The van der Waals surface area contributed by atoms with Crippen molar-refractivity contribution in [3.05, 3.63) is 22.9 Å². The SMILES string of the molecule is COCC(Nc1nc2c(cc1C(=O)O)CCCC2)C(C)C. The van der Waals surface area contributed by atoms with Crippen molar-refractivity contribution in [1.29, 1.82) is 0 Å². The minimum atomic E-state index is -0.932. The van der Waals surface area contributed by atoms with Crippen LogP contribution in [0.2, 0.25) is 0 Å². The van der Waals surface area contributed by atoms with Gasteiger partial charge in [-0.25, -0.2) is 9.78 Å². The van der Waals surface area contributed by atoms with E-state index >= 15 is 0 Å². The van der Waals surface area contributed by atoms with Gasteiger partial charge in [-0.15, -0.1) is 0 Å². The Labute approximate surface area is 125 Å². The summed E-state index contributed by atoms with van der Waals surface area (Å²) in [6.45, 7) is 4.68. The largest absolute Gasteiger partial charge is 0.478 e. The first-order chi connectivity index (χ1) is 10.0. The highest BCUT2D eigenvalue weighted by Crippen LogP contribution is 2.25. The minimum Gasteiger partial charge on any atom is -0.478 e. The molecule has 1 atom stereocenters. The Balaban J connectivity index is 2.34. The average molecular weight is 292 g/mol. The van der Waals surface area contributed by atoms with E-state index in [9.17, 15) is 9.90 Å². The van der Waals surface area contributed by atoms with Gasteiger partial charge in [0.2, 0.25) is 0 Å². The van der Waals surface area contributed by atoms with Gasteiger partial charge in [-0.3, -0.25) is 0 Å². The van der Waals surface area contributed by atoms with Crippen LogP contribution in [0.15, 0.2) is 6.07 Å². The fourth-order valence-corrected chi connectivity index (χ4v) is 2.66. The Morgan fingerprint density at radius 1 is 1.43 bits per heavy atom. The molecule has 0 fully saturated rings. The lowest BCUT2D eigenvalue weighted by Gasteiger charge is -2.24. The van der Waals surface area contributed by atoms with E-state index in [2.05, 4.69) is 24.1 Å². The lowest BCUT2D eigenvalue weighted by Crippen LogP contribution is -2.32. The predicted molar refractivity (Wildman–Crippen MR) is 82.0 cm³/mol. The van der Waals surface area contributed by atoms with Crippen LogP contribution >= 0.6 is 0 Å². The van der Waals surface area contributed by atoms with Gasteiger partial charge < -0.3 is 15.2 Å². The predicted octanol–water partition coefficient (Wildman–Crippen LogP) is 2.74. The lowest BCUT2D eigenvalue weighted by atomic mass is 9.94. The Bertz CT molecular complexity index is 514. The van der Waals surface area contributed by atoms with Crippen LogP contribution in [-0.4, -0.2) is 35.8 Å². The summed E-state index contributed by atoms with van der Waals surface area (Å²) in [6, 6.07) is 1.83. The molecule has 1 aliphatic rings. The normalized spacial score (nSPS) is 15.6. The lowest BCUT2D eigenvalue weighted by molar-refractivity contribution is 0.0697. The number of methoxy groups -OCH3 is 1. The number of nitrogens with zero attached hydrogens (tertiary/aromatic N) is 1. The summed E-state index contributed by atoms with van der Waals surface area (Å²) < 4.78 is 5.21. The van der Waals surface area contributed by atoms with Crippen molar-refractivity contribution in [2.24, 2.45) is 5.92 Å². The van der Waals surface area contributed by atoms with Crippen molar-refractivity contribution in [1.82, 2.24) is 4.98 Å². The van der Waals surface area contributed by atoms with E-state index in [-0.39, 0.29) is 11.6 Å². The molecule has 21 heavy (non-hydrogen) atoms. The van der Waals surface area contributed by atoms with Crippen LogP contribution in [0, 0.1) is 5.92 Å². The van der Waals surface area contributed by atoms with Crippen molar-refractivity contribution >= 4 is 11.8 Å². The van der Waals surface area contributed by atoms with E-state index in [1.807, 2.05) is 0 Å². The molecule has 1 aromatic heterocycles. The summed E-state index contributed by atoms with van der Waals surface area (Å²) in [6.07, 6.45) is 4.09. The van der Waals surface area contributed by atoms with Crippen LogP contribution in [0.1, 0.15) is 48.3 Å². The topological polar surface area (TPSA) is 71.5 Å². The summed E-state index contributed by atoms with van der Waals surface area (Å²) in [5.74, 6) is -0.137. The highest BCUT2D eigenvalue weighted by atomic mass is 16.5. The van der Waals surface area contributed by atoms with Crippen LogP contribution < -0.4 is 5.32 Å². The van der Waals surface area contributed by atoms with E-state index < -0.39 is 5.97 Å². The van der Waals surface area contributed by atoms with E-state index in [0.29, 0.717) is 18.3 Å². The molecule has 0 saturated carbocycles. The number of ether oxygens (including phenoxy) is 1. The number of aromatic nitrogens is 1. The molecule has 0 amide bonds. The molecule has 1 unspecified atom stereocenters. The zero-order valence-electron chi connectivity index (χ0n) is 13.0. The number of carbonyl (C=O) groups is 1. The van der Waals surface area contributed by atoms with Crippen LogP contribution in [-0.2, 0) is 17.6 Å². The van der Waals surface area contributed by atoms with Crippen LogP contribution in [0.5, 0.6) is 0 Å². The number of aromatic carboxylic acids is 1. The molecule has 0 bridgehead atoms. The molecular weight excluding hydrogens is 268 g/mol. The molecule has 0 aromatic carbocycles. The van der Waals surface area contributed by atoms with E-state index in [1.165, 1.54) is 0 Å². The molecule has 1 aromatic rings. The fraction of sp³-hybridized carbons (Fsp3) is 0.625. The number of rotatable bonds is 6. The minimum absolute atomic E-state index is 0.0437. The second-order valence-corrected chi connectivity index (χ2v) is 5.95. The third-order valence-corrected chi connectivity index (χ3v) is 4.00. The van der Waals surface area contributed by atoms with Crippen molar-refractivity contribution in [3.8, 4) is 0 Å². The van der Waals surface area contributed by atoms with Gasteiger partial charge in [-0.05, 0) is 43.2 Å². The molecule has 5 nitrogen and oxygen atoms in total. The molecule has 116 valence electrons. The molecule has 5 heteroatoms. The third kappa shape index (κ3) is 3.73. The zero-order valence-corrected chi connectivity index (χ0v) is 13.0. The first-order valence-corrected chi connectivity index (χ1v) is 7.54. The van der Waals surface area contributed by atoms with Crippen LogP contribution in [0.4, 0.5) is 5.82 Å². The molecule has 0 saturated heterocycles. The standard InChI is InChI=1S/C16H24N2O3/c1-10(2)14(9-21-3)18-15-12(16(19)20)8-11-6-4-5-7-13(11)17-15/h8,10,14H,4-7,9H2,1-3H3,(H,17,18)(H,19,20). The van der Waals surface area contributed by atoms with Gasteiger partial charge in [0.1, 0.15) is 11.4 Å². The van der Waals surface area contributed by atoms with Gasteiger partial charge in [-0.2, -0.15) is 0 Å². The highest BCUT2D eigenvalue weighted by molar-refractivity contribution is 5.93. The van der Waals surface area contributed by atoms with Crippen molar-refractivity contribution in [3.63, 3.8) is 0 Å². The first kappa shape index (κ1) is 15.8. The summed E-state index contributed by atoms with van der Waals surface area (Å²) in [5, 5.41) is 12.7. The number of hydrogen-bond donors (Lipinski definition) is 2. The van der Waals surface area contributed by atoms with Gasteiger partial charge >= 0.3 is 5.97 Å². The first-order valence-electron chi connectivity index (χ1n) is 7.54. The van der Waals surface area contributed by atoms with Gasteiger partial charge in [0.15, 0.2) is 0 Å². The molecule has 0 aliphatic heterocycles. The molecular formula is C16H24N2O3. The average Bonchev–Trinajstić information content (AvgIpc) is 2.45. The Hall–Kier alpha value is -1.62. The highest BCUT2D eigenvalue weighted by Gasteiger charge is 2.22. The Morgan fingerprint density at radius 3 is 2.76 bits per heavy atom. The second kappa shape index (κ2) is 6.89. The number of carboxylic acid groups (broad SMARTS) is 1. The van der Waals surface area contributed by atoms with E-state index in [0.717, 1.165) is 36.9 Å². The maximum Gasteiger partial charge on any atom is 0.339 e. The van der Waals surface area contributed by atoms with Gasteiger partial charge in [0.25, 0.3) is 0 Å². The summed E-state index contributed by atoms with van der Waals surface area (Å²) in [7, 11) is 1.65. The second-order valence-electron chi connectivity index (χ2n) is 5.95. The molecule has 1 aliphatic carbocycles. The maximum absolute atomic E-state index is 11.5. The number of aryl methyl sites for hydroxylation is 2. The summed E-state index contributed by atoms with van der Waals surface area (Å²) >= 11 is 0. The maximum atomic E-state index is 11.5. The number of nitrogens with one attached hydrogen (secondary N) is 1. The fourth-order valence-electron chi connectivity index (χ4n) is 2.66. The number of carboxylic acids is 1. The van der Waals surface area contributed by atoms with Gasteiger partial charge in [0, 0.05) is 12.8 Å². The van der Waals surface area contributed by atoms with Crippen molar-refractivity contribution < 1.29 is 14.6 Å². The van der Waals surface area contributed by atoms with Crippen LogP contribution in [0.25, 0.3) is 0 Å². The van der Waals surface area contributed by atoms with E-state index in [1.54, 1.807) is 13.2 Å². The Morgan fingerprint density at radius 2 is 2.14 bits per heavy atom. The molecule has 0 spiro atoms. The number of hydrogen-bond acceptors (Lipinski definition) is 4. The molecule has 2 N–H and O–H groups in total. The molecule has 1 heterocycles.